The number of amides is 2. The highest BCUT2D eigenvalue weighted by Gasteiger charge is 2.24. The second-order valence-electron chi connectivity index (χ2n) is 7.31. The fraction of sp³-hybridized carbons (Fsp3) is 0.833. The van der Waals surface area contributed by atoms with Gasteiger partial charge in [0.25, 0.3) is 0 Å². The van der Waals surface area contributed by atoms with Crippen molar-refractivity contribution >= 4 is 42.1 Å². The number of aliphatic imine (C=N–C) groups is 1. The van der Waals surface area contributed by atoms with Gasteiger partial charge in [-0.2, -0.15) is 0 Å². The van der Waals surface area contributed by atoms with Gasteiger partial charge in [-0.05, 0) is 34.6 Å². The molecule has 0 saturated carbocycles. The van der Waals surface area contributed by atoms with Gasteiger partial charge in [-0.15, -0.1) is 24.0 Å². The minimum absolute atomic E-state index is 0. The van der Waals surface area contributed by atoms with E-state index in [1.807, 2.05) is 27.7 Å². The zero-order chi connectivity index (χ0) is 20.4. The van der Waals surface area contributed by atoms with Crippen LogP contribution in [0.1, 0.15) is 34.6 Å². The van der Waals surface area contributed by atoms with Crippen LogP contribution in [0.3, 0.4) is 0 Å². The Kier molecular flexibility index (Phi) is 12.2. The van der Waals surface area contributed by atoms with Gasteiger partial charge in [0.2, 0.25) is 0 Å². The van der Waals surface area contributed by atoms with Crippen LogP contribution in [-0.4, -0.2) is 97.9 Å². The van der Waals surface area contributed by atoms with Crippen molar-refractivity contribution in [2.45, 2.75) is 40.2 Å². The summed E-state index contributed by atoms with van der Waals surface area (Å²) in [6, 6.07) is 0. The number of ether oxygens (including phenoxy) is 2. The molecule has 2 amide bonds. The van der Waals surface area contributed by atoms with Crippen LogP contribution in [0, 0.1) is 0 Å². The van der Waals surface area contributed by atoms with E-state index in [-0.39, 0.29) is 36.2 Å². The first-order chi connectivity index (χ1) is 12.7. The fourth-order valence-electron chi connectivity index (χ4n) is 2.48. The van der Waals surface area contributed by atoms with Gasteiger partial charge >= 0.3 is 12.2 Å². The molecule has 1 rings (SSSR count). The first kappa shape index (κ1) is 26.5. The number of hydrogen-bond acceptors (Lipinski definition) is 5. The summed E-state index contributed by atoms with van der Waals surface area (Å²) >= 11 is 0. The van der Waals surface area contributed by atoms with Gasteiger partial charge < -0.3 is 29.5 Å². The highest BCUT2D eigenvalue weighted by molar-refractivity contribution is 14.0. The third kappa shape index (κ3) is 9.65. The Morgan fingerprint density at radius 3 is 2.18 bits per heavy atom. The summed E-state index contributed by atoms with van der Waals surface area (Å²) in [5.41, 5.74) is -0.512. The van der Waals surface area contributed by atoms with Gasteiger partial charge in [0.1, 0.15) is 5.60 Å². The van der Waals surface area contributed by atoms with Gasteiger partial charge in [0, 0.05) is 46.3 Å². The van der Waals surface area contributed by atoms with E-state index in [4.69, 9.17) is 9.47 Å². The van der Waals surface area contributed by atoms with Crippen molar-refractivity contribution < 1.29 is 19.1 Å². The minimum Gasteiger partial charge on any atom is -0.450 e. The molecule has 9 nitrogen and oxygen atoms in total. The summed E-state index contributed by atoms with van der Waals surface area (Å²) in [5.74, 6) is 0.790. The van der Waals surface area contributed by atoms with Crippen LogP contribution in [-0.2, 0) is 9.47 Å². The number of halogens is 1. The number of nitrogens with zero attached hydrogens (tertiary/aromatic N) is 4. The van der Waals surface area contributed by atoms with Crippen molar-refractivity contribution in [1.29, 1.82) is 0 Å². The maximum absolute atomic E-state index is 12.0. The Hall–Kier alpha value is -1.46. The molecule has 1 saturated heterocycles. The molecule has 0 aromatic heterocycles. The zero-order valence-corrected chi connectivity index (χ0v) is 20.3. The number of guanidine groups is 1. The van der Waals surface area contributed by atoms with Gasteiger partial charge in [-0.1, -0.05) is 0 Å². The normalized spacial score (nSPS) is 14.9. The van der Waals surface area contributed by atoms with Crippen molar-refractivity contribution in [3.8, 4) is 0 Å². The van der Waals surface area contributed by atoms with E-state index < -0.39 is 5.60 Å². The fourth-order valence-corrected chi connectivity index (χ4v) is 2.48. The Balaban J connectivity index is 0.00000729. The molecular weight excluding hydrogens is 477 g/mol. The van der Waals surface area contributed by atoms with E-state index in [0.717, 1.165) is 12.5 Å². The first-order valence-electron chi connectivity index (χ1n) is 9.57. The van der Waals surface area contributed by atoms with Crippen LogP contribution >= 0.6 is 24.0 Å². The lowest BCUT2D eigenvalue weighted by atomic mass is 10.2. The summed E-state index contributed by atoms with van der Waals surface area (Å²) in [6.07, 6.45) is -0.621. The number of nitrogens with one attached hydrogen (secondary N) is 1. The molecule has 164 valence electrons. The largest absolute Gasteiger partial charge is 0.450 e. The molecule has 10 heteroatoms. The summed E-state index contributed by atoms with van der Waals surface area (Å²) in [5, 5.41) is 3.27. The SMILES string of the molecule is CCNC(=NCCN(C)C(=O)OC(C)(C)C)N1CCN(C(=O)OCC)CC1.I. The van der Waals surface area contributed by atoms with Crippen molar-refractivity contribution in [3.63, 3.8) is 0 Å². The third-order valence-corrected chi connectivity index (χ3v) is 3.84. The summed E-state index contributed by atoms with van der Waals surface area (Å²) in [6.45, 7) is 14.0. The molecule has 0 aromatic carbocycles. The molecule has 0 unspecified atom stereocenters. The first-order valence-corrected chi connectivity index (χ1v) is 9.57. The summed E-state index contributed by atoms with van der Waals surface area (Å²) < 4.78 is 10.4. The van der Waals surface area contributed by atoms with Crippen molar-refractivity contribution in [2.75, 3.05) is 59.5 Å². The lowest BCUT2D eigenvalue weighted by molar-refractivity contribution is 0.0304. The van der Waals surface area contributed by atoms with Gasteiger partial charge in [0.05, 0.1) is 13.2 Å². The number of rotatable bonds is 5. The lowest BCUT2D eigenvalue weighted by Crippen LogP contribution is -2.54. The molecular formula is C18H36IN5O4. The monoisotopic (exact) mass is 513 g/mol. The Morgan fingerprint density at radius 1 is 1.11 bits per heavy atom. The van der Waals surface area contributed by atoms with Crippen molar-refractivity contribution in [2.24, 2.45) is 4.99 Å². The predicted molar refractivity (Wildman–Crippen MR) is 120 cm³/mol. The van der Waals surface area contributed by atoms with Crippen LogP contribution in [0.4, 0.5) is 9.59 Å². The zero-order valence-electron chi connectivity index (χ0n) is 18.0. The highest BCUT2D eigenvalue weighted by atomic mass is 127. The molecule has 0 atom stereocenters. The molecule has 1 aliphatic heterocycles. The topological polar surface area (TPSA) is 86.7 Å². The summed E-state index contributed by atoms with van der Waals surface area (Å²) in [7, 11) is 1.70. The Labute approximate surface area is 185 Å². The molecule has 1 N–H and O–H groups in total. The second-order valence-corrected chi connectivity index (χ2v) is 7.31. The average Bonchev–Trinajstić information content (AvgIpc) is 2.59. The van der Waals surface area contributed by atoms with Crippen molar-refractivity contribution in [1.82, 2.24) is 20.0 Å². The number of carbonyl (C=O) groups is 2. The smallest absolute Gasteiger partial charge is 0.410 e. The van der Waals surface area contributed by atoms with E-state index in [2.05, 4.69) is 15.2 Å². The van der Waals surface area contributed by atoms with E-state index >= 15 is 0 Å². The molecule has 1 fully saturated rings. The van der Waals surface area contributed by atoms with E-state index in [1.54, 1.807) is 18.9 Å². The van der Waals surface area contributed by atoms with E-state index in [9.17, 15) is 9.59 Å². The number of carbonyl (C=O) groups excluding carboxylic acids is 2. The molecule has 1 heterocycles. The second kappa shape index (κ2) is 12.9. The Bertz CT molecular complexity index is 517. The minimum atomic E-state index is -0.512. The van der Waals surface area contributed by atoms with E-state index in [1.165, 1.54) is 4.90 Å². The third-order valence-electron chi connectivity index (χ3n) is 3.84. The van der Waals surface area contributed by atoms with E-state index in [0.29, 0.717) is 45.9 Å². The maximum Gasteiger partial charge on any atom is 0.410 e. The van der Waals surface area contributed by atoms with Crippen molar-refractivity contribution in [3.05, 3.63) is 0 Å². The van der Waals surface area contributed by atoms with Gasteiger partial charge in [0.15, 0.2) is 5.96 Å². The number of hydrogen-bond donors (Lipinski definition) is 1. The molecule has 0 radical (unpaired) electrons. The maximum atomic E-state index is 12.0. The summed E-state index contributed by atoms with van der Waals surface area (Å²) in [4.78, 5) is 33.8. The molecule has 0 spiro atoms. The van der Waals surface area contributed by atoms with Crippen LogP contribution in [0.15, 0.2) is 4.99 Å². The average molecular weight is 513 g/mol. The van der Waals surface area contributed by atoms with Crippen LogP contribution in [0.25, 0.3) is 0 Å². The van der Waals surface area contributed by atoms with Gasteiger partial charge in [-0.25, -0.2) is 9.59 Å². The lowest BCUT2D eigenvalue weighted by Gasteiger charge is -2.36. The molecule has 0 bridgehead atoms. The highest BCUT2D eigenvalue weighted by Crippen LogP contribution is 2.09. The number of piperazine rings is 1. The van der Waals surface area contributed by atoms with Crippen LogP contribution < -0.4 is 5.32 Å². The number of likely N-dealkylation sites (N-methyl/N-ethyl adjacent to an activating group) is 1. The molecule has 0 aromatic rings. The predicted octanol–water partition coefficient (Wildman–Crippen LogP) is 2.21. The van der Waals surface area contributed by atoms with Crippen LogP contribution in [0.2, 0.25) is 0 Å². The quantitative estimate of drug-likeness (QED) is 0.345. The van der Waals surface area contributed by atoms with Crippen LogP contribution in [0.5, 0.6) is 0 Å². The molecule has 0 aliphatic carbocycles. The van der Waals surface area contributed by atoms with Gasteiger partial charge in [-0.3, -0.25) is 4.99 Å². The molecule has 28 heavy (non-hydrogen) atoms. The Morgan fingerprint density at radius 2 is 1.68 bits per heavy atom. The standard InChI is InChI=1S/C18H35N5O4.HI/c1-7-19-15(20-9-10-21(6)16(24)27-18(3,4)5)22-11-13-23(14-12-22)17(25)26-8-2;/h7-14H2,1-6H3,(H,19,20);1H. The molecule has 1 aliphatic rings.